The summed E-state index contributed by atoms with van der Waals surface area (Å²) >= 11 is 0. The highest BCUT2D eigenvalue weighted by atomic mass is 16.5. The smallest absolute Gasteiger partial charge is 0.341 e. The van der Waals surface area contributed by atoms with Gasteiger partial charge in [0.2, 0.25) is 0 Å². The topological polar surface area (TPSA) is 70.1 Å². The van der Waals surface area contributed by atoms with Crippen molar-refractivity contribution in [2.24, 2.45) is 5.73 Å². The van der Waals surface area contributed by atoms with Gasteiger partial charge < -0.3 is 10.5 Å². The molecule has 0 amide bonds. The first-order chi connectivity index (χ1) is 9.26. The van der Waals surface area contributed by atoms with Crippen LogP contribution in [0, 0.1) is 0 Å². The maximum Gasteiger partial charge on any atom is 0.341 e. The van der Waals surface area contributed by atoms with Crippen LogP contribution in [-0.4, -0.2) is 28.9 Å². The molecule has 2 aromatic rings. The van der Waals surface area contributed by atoms with Crippen molar-refractivity contribution in [2.75, 3.05) is 13.2 Å². The largest absolute Gasteiger partial charge is 0.462 e. The molecule has 0 aliphatic heterocycles. The third-order valence-electron chi connectivity index (χ3n) is 2.84. The predicted molar refractivity (Wildman–Crippen MR) is 71.8 cm³/mol. The molecule has 1 heterocycles. The quantitative estimate of drug-likeness (QED) is 0.828. The first-order valence-corrected chi connectivity index (χ1v) is 6.22. The van der Waals surface area contributed by atoms with Crippen LogP contribution in [0.1, 0.15) is 28.9 Å². The number of ether oxygens (including phenoxy) is 1. The van der Waals surface area contributed by atoms with E-state index in [2.05, 4.69) is 5.10 Å². The molecule has 0 bridgehead atoms. The van der Waals surface area contributed by atoms with Gasteiger partial charge in [-0.1, -0.05) is 30.3 Å². The number of rotatable bonds is 5. The summed E-state index contributed by atoms with van der Waals surface area (Å²) in [6.07, 6.45) is 3.17. The highest BCUT2D eigenvalue weighted by Crippen LogP contribution is 2.16. The zero-order valence-electron chi connectivity index (χ0n) is 10.8. The Morgan fingerprint density at radius 3 is 2.79 bits per heavy atom. The zero-order chi connectivity index (χ0) is 13.7. The SMILES string of the molecule is CCOC(=O)c1cnn(C(CN)c2ccccc2)c1. The van der Waals surface area contributed by atoms with Gasteiger partial charge in [0.1, 0.15) is 0 Å². The molecule has 1 aromatic heterocycles. The molecule has 5 nitrogen and oxygen atoms in total. The molecule has 5 heteroatoms. The molecule has 0 saturated carbocycles. The van der Waals surface area contributed by atoms with Gasteiger partial charge in [0, 0.05) is 12.7 Å². The fourth-order valence-electron chi connectivity index (χ4n) is 1.90. The number of hydrogen-bond donors (Lipinski definition) is 1. The molecule has 0 saturated heterocycles. The van der Waals surface area contributed by atoms with E-state index in [9.17, 15) is 4.79 Å². The number of esters is 1. The Morgan fingerprint density at radius 1 is 1.42 bits per heavy atom. The van der Waals surface area contributed by atoms with Gasteiger partial charge in [-0.3, -0.25) is 4.68 Å². The highest BCUT2D eigenvalue weighted by Gasteiger charge is 2.15. The van der Waals surface area contributed by atoms with E-state index in [1.54, 1.807) is 17.8 Å². The number of nitrogens with zero attached hydrogens (tertiary/aromatic N) is 2. The Bertz CT molecular complexity index is 537. The summed E-state index contributed by atoms with van der Waals surface area (Å²) in [6.45, 7) is 2.53. The van der Waals surface area contributed by atoms with Crippen molar-refractivity contribution in [2.45, 2.75) is 13.0 Å². The molecule has 100 valence electrons. The van der Waals surface area contributed by atoms with Gasteiger partial charge in [0.05, 0.1) is 24.4 Å². The zero-order valence-corrected chi connectivity index (χ0v) is 10.8. The summed E-state index contributed by atoms with van der Waals surface area (Å²) in [7, 11) is 0. The van der Waals surface area contributed by atoms with Crippen LogP contribution in [0.3, 0.4) is 0 Å². The fraction of sp³-hybridized carbons (Fsp3) is 0.286. The van der Waals surface area contributed by atoms with E-state index >= 15 is 0 Å². The monoisotopic (exact) mass is 259 g/mol. The van der Waals surface area contributed by atoms with Crippen molar-refractivity contribution in [1.29, 1.82) is 0 Å². The predicted octanol–water partition coefficient (Wildman–Crippen LogP) is 1.61. The molecule has 2 rings (SSSR count). The average molecular weight is 259 g/mol. The summed E-state index contributed by atoms with van der Waals surface area (Å²) in [6, 6.07) is 9.75. The van der Waals surface area contributed by atoms with Crippen LogP contribution in [0.5, 0.6) is 0 Å². The summed E-state index contributed by atoms with van der Waals surface area (Å²) < 4.78 is 6.63. The Balaban J connectivity index is 2.23. The normalized spacial score (nSPS) is 12.1. The first kappa shape index (κ1) is 13.3. The van der Waals surface area contributed by atoms with Crippen molar-refractivity contribution < 1.29 is 9.53 Å². The summed E-state index contributed by atoms with van der Waals surface area (Å²) in [4.78, 5) is 11.6. The average Bonchev–Trinajstić information content (AvgIpc) is 2.91. The molecule has 0 aliphatic rings. The number of benzene rings is 1. The number of carbonyl (C=O) groups excluding carboxylic acids is 1. The lowest BCUT2D eigenvalue weighted by atomic mass is 10.1. The van der Waals surface area contributed by atoms with Gasteiger partial charge in [0.25, 0.3) is 0 Å². The van der Waals surface area contributed by atoms with E-state index in [1.165, 1.54) is 6.20 Å². The molecule has 1 aromatic carbocycles. The molecule has 0 radical (unpaired) electrons. The summed E-state index contributed by atoms with van der Waals surface area (Å²) in [5.74, 6) is -0.363. The van der Waals surface area contributed by atoms with Crippen molar-refractivity contribution in [3.05, 3.63) is 53.9 Å². The van der Waals surface area contributed by atoms with E-state index in [1.807, 2.05) is 30.3 Å². The van der Waals surface area contributed by atoms with Crippen LogP contribution in [0.4, 0.5) is 0 Å². The van der Waals surface area contributed by atoms with E-state index in [0.717, 1.165) is 5.56 Å². The number of hydrogen-bond acceptors (Lipinski definition) is 4. The maximum absolute atomic E-state index is 11.6. The van der Waals surface area contributed by atoms with Crippen molar-refractivity contribution in [3.63, 3.8) is 0 Å². The Labute approximate surface area is 112 Å². The second-order valence-electron chi connectivity index (χ2n) is 4.09. The fourth-order valence-corrected chi connectivity index (χ4v) is 1.90. The van der Waals surface area contributed by atoms with E-state index in [0.29, 0.717) is 18.7 Å². The Kier molecular flexibility index (Phi) is 4.30. The van der Waals surface area contributed by atoms with Crippen molar-refractivity contribution in [1.82, 2.24) is 9.78 Å². The summed E-state index contributed by atoms with van der Waals surface area (Å²) in [5, 5.41) is 4.20. The van der Waals surface area contributed by atoms with Crippen molar-refractivity contribution >= 4 is 5.97 Å². The molecule has 1 atom stereocenters. The standard InChI is InChI=1S/C14H17N3O2/c1-2-19-14(18)12-9-16-17(10-12)13(8-15)11-6-4-3-5-7-11/h3-7,9-10,13H,2,8,15H2,1H3. The van der Waals surface area contributed by atoms with Crippen LogP contribution < -0.4 is 5.73 Å². The third-order valence-corrected chi connectivity index (χ3v) is 2.84. The minimum Gasteiger partial charge on any atom is -0.462 e. The van der Waals surface area contributed by atoms with Gasteiger partial charge in [-0.2, -0.15) is 5.10 Å². The Hall–Kier alpha value is -2.14. The maximum atomic E-state index is 11.6. The molecule has 0 aliphatic carbocycles. The highest BCUT2D eigenvalue weighted by molar-refractivity contribution is 5.88. The second-order valence-corrected chi connectivity index (χ2v) is 4.09. The van der Waals surface area contributed by atoms with Crippen LogP contribution in [0.15, 0.2) is 42.7 Å². The molecule has 0 spiro atoms. The first-order valence-electron chi connectivity index (χ1n) is 6.22. The second kappa shape index (κ2) is 6.15. The number of carbonyl (C=O) groups is 1. The lowest BCUT2D eigenvalue weighted by Gasteiger charge is -2.15. The van der Waals surface area contributed by atoms with Crippen LogP contribution in [-0.2, 0) is 4.74 Å². The lowest BCUT2D eigenvalue weighted by molar-refractivity contribution is 0.0526. The van der Waals surface area contributed by atoms with Crippen LogP contribution >= 0.6 is 0 Å². The summed E-state index contributed by atoms with van der Waals surface area (Å²) in [5.41, 5.74) is 7.30. The van der Waals surface area contributed by atoms with Gasteiger partial charge in [-0.05, 0) is 12.5 Å². The Morgan fingerprint density at radius 2 is 2.16 bits per heavy atom. The van der Waals surface area contributed by atoms with Gasteiger partial charge in [-0.15, -0.1) is 0 Å². The van der Waals surface area contributed by atoms with Gasteiger partial charge >= 0.3 is 5.97 Å². The van der Waals surface area contributed by atoms with Crippen LogP contribution in [0.25, 0.3) is 0 Å². The third kappa shape index (κ3) is 3.00. The number of nitrogens with two attached hydrogens (primary N) is 1. The van der Waals surface area contributed by atoms with E-state index in [-0.39, 0.29) is 12.0 Å². The molecule has 0 fully saturated rings. The van der Waals surface area contributed by atoms with Crippen LogP contribution in [0.2, 0.25) is 0 Å². The molecule has 1 unspecified atom stereocenters. The molecule has 2 N–H and O–H groups in total. The minimum atomic E-state index is -0.363. The van der Waals surface area contributed by atoms with Gasteiger partial charge in [0.15, 0.2) is 0 Å². The lowest BCUT2D eigenvalue weighted by Crippen LogP contribution is -2.20. The number of aromatic nitrogens is 2. The van der Waals surface area contributed by atoms with E-state index < -0.39 is 0 Å². The van der Waals surface area contributed by atoms with Gasteiger partial charge in [-0.25, -0.2) is 4.79 Å². The molecular formula is C14H17N3O2. The molecular weight excluding hydrogens is 242 g/mol. The van der Waals surface area contributed by atoms with Crippen molar-refractivity contribution in [3.8, 4) is 0 Å². The van der Waals surface area contributed by atoms with E-state index in [4.69, 9.17) is 10.5 Å². The molecule has 19 heavy (non-hydrogen) atoms. The minimum absolute atomic E-state index is 0.0793.